The monoisotopic (exact) mass is 357 g/mol. The highest BCUT2D eigenvalue weighted by Crippen LogP contribution is 2.29. The first kappa shape index (κ1) is 16.4. The van der Waals surface area contributed by atoms with Crippen molar-refractivity contribution in [2.75, 3.05) is 4.72 Å². The average molecular weight is 357 g/mol. The van der Waals surface area contributed by atoms with Gasteiger partial charge in [0.2, 0.25) is 0 Å². The average Bonchev–Trinajstić information content (AvgIpc) is 3.13. The van der Waals surface area contributed by atoms with Crippen molar-refractivity contribution in [1.29, 1.82) is 0 Å². The number of anilines is 1. The van der Waals surface area contributed by atoms with Crippen LogP contribution in [0.4, 0.5) is 5.69 Å². The zero-order valence-electron chi connectivity index (χ0n) is 12.6. The van der Waals surface area contributed by atoms with E-state index in [4.69, 9.17) is 4.74 Å². The van der Waals surface area contributed by atoms with Crippen molar-refractivity contribution in [3.8, 4) is 5.75 Å². The van der Waals surface area contributed by atoms with E-state index in [1.54, 1.807) is 29.5 Å². The van der Waals surface area contributed by atoms with Crippen LogP contribution in [0.25, 0.3) is 0 Å². The molecule has 122 valence electrons. The first-order valence-corrected chi connectivity index (χ1v) is 8.92. The van der Waals surface area contributed by atoms with Gasteiger partial charge in [0.15, 0.2) is 0 Å². The molecule has 4 nitrogen and oxygen atoms in total. The van der Waals surface area contributed by atoms with Gasteiger partial charge in [0.25, 0.3) is 0 Å². The second-order valence-electron chi connectivity index (χ2n) is 4.92. The largest absolute Gasteiger partial charge is 0.489 e. The van der Waals surface area contributed by atoms with Gasteiger partial charge in [0, 0.05) is 0 Å². The maximum Gasteiger partial charge on any atom is 0.337 e. The van der Waals surface area contributed by atoms with Crippen LogP contribution in [0.3, 0.4) is 0 Å². The van der Waals surface area contributed by atoms with Crippen LogP contribution in [0, 0.1) is 0 Å². The molecule has 3 rings (SSSR count). The van der Waals surface area contributed by atoms with Gasteiger partial charge in [0.1, 0.15) is 12.4 Å². The Bertz CT molecular complexity index is 804. The molecule has 0 fully saturated rings. The number of hydrogen-bond donors (Lipinski definition) is 2. The van der Waals surface area contributed by atoms with Crippen molar-refractivity contribution >= 4 is 34.9 Å². The van der Waals surface area contributed by atoms with Crippen LogP contribution in [0.15, 0.2) is 70.3 Å². The maximum absolute atomic E-state index is 11.5. The maximum atomic E-state index is 11.5. The van der Waals surface area contributed by atoms with Crippen molar-refractivity contribution in [1.82, 2.24) is 0 Å². The Morgan fingerprint density at radius 2 is 1.96 bits per heavy atom. The van der Waals surface area contributed by atoms with E-state index in [1.807, 2.05) is 47.8 Å². The first-order valence-electron chi connectivity index (χ1n) is 7.23. The Labute approximate surface area is 148 Å². The predicted molar refractivity (Wildman–Crippen MR) is 98.0 cm³/mol. The van der Waals surface area contributed by atoms with Crippen molar-refractivity contribution < 1.29 is 14.6 Å². The highest BCUT2D eigenvalue weighted by Gasteiger charge is 2.12. The second kappa shape index (κ2) is 7.90. The van der Waals surface area contributed by atoms with Crippen molar-refractivity contribution in [2.45, 2.75) is 10.8 Å². The smallest absolute Gasteiger partial charge is 0.337 e. The highest BCUT2D eigenvalue weighted by molar-refractivity contribution is 8.02. The molecule has 0 radical (unpaired) electrons. The third kappa shape index (κ3) is 4.31. The Morgan fingerprint density at radius 1 is 1.12 bits per heavy atom. The van der Waals surface area contributed by atoms with Crippen molar-refractivity contribution in [3.63, 3.8) is 0 Å². The summed E-state index contributed by atoms with van der Waals surface area (Å²) in [5.41, 5.74) is 1.77. The van der Waals surface area contributed by atoms with Gasteiger partial charge in [-0.2, -0.15) is 0 Å². The lowest BCUT2D eigenvalue weighted by Crippen LogP contribution is -2.03. The van der Waals surface area contributed by atoms with Gasteiger partial charge in [-0.15, -0.1) is 11.3 Å². The number of carboxylic acid groups (broad SMARTS) is 1. The minimum Gasteiger partial charge on any atom is -0.489 e. The molecule has 2 aromatic carbocycles. The van der Waals surface area contributed by atoms with E-state index in [-0.39, 0.29) is 5.56 Å². The van der Waals surface area contributed by atoms with Gasteiger partial charge >= 0.3 is 5.97 Å². The van der Waals surface area contributed by atoms with Crippen LogP contribution in [0.1, 0.15) is 15.9 Å². The molecule has 0 atom stereocenters. The van der Waals surface area contributed by atoms with Gasteiger partial charge < -0.3 is 14.6 Å². The zero-order chi connectivity index (χ0) is 16.8. The lowest BCUT2D eigenvalue weighted by atomic mass is 10.1. The number of benzene rings is 2. The molecule has 0 spiro atoms. The van der Waals surface area contributed by atoms with E-state index in [0.29, 0.717) is 18.0 Å². The minimum atomic E-state index is -0.991. The predicted octanol–water partition coefficient (Wildman–Crippen LogP) is 5.14. The van der Waals surface area contributed by atoms with Crippen molar-refractivity contribution in [3.05, 3.63) is 77.2 Å². The standard InChI is InChI=1S/C18H15NO3S2/c20-18(21)15-11-14(22-12-13-5-2-1-3-6-13)8-9-16(15)19-24-17-7-4-10-23-17/h1-11,19H,12H2,(H,20,21). The molecule has 0 aliphatic carbocycles. The number of carbonyl (C=O) groups is 1. The molecule has 0 amide bonds. The number of aromatic carboxylic acids is 1. The van der Waals surface area contributed by atoms with Crippen molar-refractivity contribution in [2.24, 2.45) is 0 Å². The molecule has 1 heterocycles. The molecule has 24 heavy (non-hydrogen) atoms. The molecule has 2 N–H and O–H groups in total. The lowest BCUT2D eigenvalue weighted by molar-refractivity contribution is 0.0697. The minimum absolute atomic E-state index is 0.185. The van der Waals surface area contributed by atoms with Crippen LogP contribution >= 0.6 is 23.3 Å². The van der Waals surface area contributed by atoms with E-state index in [2.05, 4.69) is 4.72 Å². The lowest BCUT2D eigenvalue weighted by Gasteiger charge is -2.11. The van der Waals surface area contributed by atoms with E-state index in [0.717, 1.165) is 9.77 Å². The third-order valence-electron chi connectivity index (χ3n) is 3.23. The second-order valence-corrected chi connectivity index (χ2v) is 6.98. The van der Waals surface area contributed by atoms with Crippen LogP contribution in [0.5, 0.6) is 5.75 Å². The topological polar surface area (TPSA) is 58.6 Å². The highest BCUT2D eigenvalue weighted by atomic mass is 32.2. The molecule has 0 aliphatic heterocycles. The normalized spacial score (nSPS) is 10.3. The number of hydrogen-bond acceptors (Lipinski definition) is 5. The molecular formula is C18H15NO3S2. The number of ether oxygens (including phenoxy) is 1. The summed E-state index contributed by atoms with van der Waals surface area (Å²) in [6.07, 6.45) is 0. The van der Waals surface area contributed by atoms with E-state index in [1.165, 1.54) is 11.9 Å². The summed E-state index contributed by atoms with van der Waals surface area (Å²) in [6, 6.07) is 18.7. The molecule has 0 bridgehead atoms. The fraction of sp³-hybridized carbons (Fsp3) is 0.0556. The Morgan fingerprint density at radius 3 is 2.67 bits per heavy atom. The summed E-state index contributed by atoms with van der Waals surface area (Å²) in [6.45, 7) is 0.399. The van der Waals surface area contributed by atoms with Crippen LogP contribution in [-0.4, -0.2) is 11.1 Å². The number of rotatable bonds is 7. The molecule has 1 aromatic heterocycles. The van der Waals surface area contributed by atoms with Gasteiger partial charge in [0.05, 0.1) is 15.5 Å². The zero-order valence-corrected chi connectivity index (χ0v) is 14.3. The van der Waals surface area contributed by atoms with Gasteiger partial charge in [-0.05, 0) is 47.2 Å². The van der Waals surface area contributed by atoms with Crippen LogP contribution in [-0.2, 0) is 6.61 Å². The van der Waals surface area contributed by atoms with Gasteiger partial charge in [-0.3, -0.25) is 0 Å². The SMILES string of the molecule is O=C(O)c1cc(OCc2ccccc2)ccc1NSc1cccs1. The first-order chi connectivity index (χ1) is 11.7. The number of thiophene rings is 1. The molecule has 0 saturated carbocycles. The van der Waals surface area contributed by atoms with Crippen LogP contribution < -0.4 is 9.46 Å². The summed E-state index contributed by atoms with van der Waals surface area (Å²) < 4.78 is 9.85. The molecule has 0 unspecified atom stereocenters. The Balaban J connectivity index is 1.70. The molecule has 6 heteroatoms. The molecule has 3 aromatic rings. The number of carboxylic acids is 1. The molecule has 0 aliphatic rings. The summed E-state index contributed by atoms with van der Waals surface area (Å²) in [4.78, 5) is 11.5. The van der Waals surface area contributed by atoms with E-state index < -0.39 is 5.97 Å². The van der Waals surface area contributed by atoms with Gasteiger partial charge in [-0.25, -0.2) is 4.79 Å². The fourth-order valence-corrected chi connectivity index (χ4v) is 3.51. The summed E-state index contributed by atoms with van der Waals surface area (Å²) >= 11 is 2.99. The fourth-order valence-electron chi connectivity index (χ4n) is 2.05. The quantitative estimate of drug-likeness (QED) is 0.573. The number of nitrogens with one attached hydrogen (secondary N) is 1. The summed E-state index contributed by atoms with van der Waals surface area (Å²) in [5, 5.41) is 11.4. The third-order valence-corrected chi connectivity index (χ3v) is 5.09. The Hall–Kier alpha value is -2.44. The van der Waals surface area contributed by atoms with Crippen LogP contribution in [0.2, 0.25) is 0 Å². The molecule has 0 saturated heterocycles. The summed E-state index contributed by atoms with van der Waals surface area (Å²) in [5.74, 6) is -0.461. The molecular weight excluding hydrogens is 342 g/mol. The van der Waals surface area contributed by atoms with E-state index in [9.17, 15) is 9.90 Å². The summed E-state index contributed by atoms with van der Waals surface area (Å²) in [7, 11) is 0. The van der Waals surface area contributed by atoms with E-state index >= 15 is 0 Å². The van der Waals surface area contributed by atoms with Gasteiger partial charge in [-0.1, -0.05) is 36.4 Å². The Kier molecular flexibility index (Phi) is 5.40.